The van der Waals surface area contributed by atoms with Gasteiger partial charge in [0.1, 0.15) is 5.76 Å². The summed E-state index contributed by atoms with van der Waals surface area (Å²) in [7, 11) is 0. The number of ether oxygens (including phenoxy) is 2. The third-order valence-corrected chi connectivity index (χ3v) is 5.75. The van der Waals surface area contributed by atoms with Crippen LogP contribution < -0.4 is 5.32 Å². The first-order valence-corrected chi connectivity index (χ1v) is 11.2. The molecule has 2 fully saturated rings. The van der Waals surface area contributed by atoms with E-state index in [9.17, 15) is 0 Å². The maximum Gasteiger partial charge on any atom is 0.194 e. The number of aliphatic imine (C=N–C) groups is 1. The highest BCUT2D eigenvalue weighted by atomic mass is 16.5. The molecule has 2 unspecified atom stereocenters. The quantitative estimate of drug-likeness (QED) is 0.506. The fourth-order valence-electron chi connectivity index (χ4n) is 4.08. The molecule has 0 radical (unpaired) electrons. The number of furan rings is 1. The van der Waals surface area contributed by atoms with Crippen molar-refractivity contribution in [3.63, 3.8) is 0 Å². The normalized spacial score (nSPS) is 22.0. The van der Waals surface area contributed by atoms with Crippen molar-refractivity contribution >= 4 is 5.96 Å². The second-order valence-corrected chi connectivity index (χ2v) is 8.16. The minimum Gasteiger partial charge on any atom is -0.469 e. The zero-order chi connectivity index (χ0) is 20.4. The summed E-state index contributed by atoms with van der Waals surface area (Å²) in [6.07, 6.45) is 6.23. The van der Waals surface area contributed by atoms with E-state index < -0.39 is 0 Å². The molecule has 1 N–H and O–H groups in total. The molecule has 6 nitrogen and oxygen atoms in total. The molecule has 2 atom stereocenters. The number of benzene rings is 1. The highest BCUT2D eigenvalue weighted by Crippen LogP contribution is 2.18. The van der Waals surface area contributed by atoms with Crippen molar-refractivity contribution in [3.8, 4) is 0 Å². The predicted octanol–water partition coefficient (Wildman–Crippen LogP) is 3.49. The monoisotopic (exact) mass is 411 g/mol. The highest BCUT2D eigenvalue weighted by Gasteiger charge is 2.26. The van der Waals surface area contributed by atoms with Crippen LogP contribution in [-0.4, -0.2) is 56.4 Å². The summed E-state index contributed by atoms with van der Waals surface area (Å²) in [5.41, 5.74) is 1.23. The lowest BCUT2D eigenvalue weighted by atomic mass is 10.1. The molecule has 4 rings (SSSR count). The van der Waals surface area contributed by atoms with E-state index in [1.165, 1.54) is 5.56 Å². The Labute approximate surface area is 179 Å². The van der Waals surface area contributed by atoms with E-state index in [2.05, 4.69) is 34.5 Å². The minimum atomic E-state index is 0.263. The van der Waals surface area contributed by atoms with Gasteiger partial charge < -0.3 is 24.1 Å². The minimum absolute atomic E-state index is 0.263. The van der Waals surface area contributed by atoms with E-state index in [4.69, 9.17) is 18.9 Å². The zero-order valence-corrected chi connectivity index (χ0v) is 17.7. The van der Waals surface area contributed by atoms with Crippen molar-refractivity contribution in [3.05, 3.63) is 60.1 Å². The number of likely N-dealkylation sites (tertiary alicyclic amines) is 1. The molecule has 30 heavy (non-hydrogen) atoms. The largest absolute Gasteiger partial charge is 0.469 e. The molecule has 2 aliphatic rings. The lowest BCUT2D eigenvalue weighted by molar-refractivity contribution is 0.0906. The van der Waals surface area contributed by atoms with Gasteiger partial charge in [0, 0.05) is 38.6 Å². The number of hydrogen-bond donors (Lipinski definition) is 1. The second-order valence-electron chi connectivity index (χ2n) is 8.16. The molecule has 0 spiro atoms. The molecule has 0 bridgehead atoms. The van der Waals surface area contributed by atoms with E-state index in [1.807, 2.05) is 18.2 Å². The third kappa shape index (κ3) is 6.34. The molecule has 2 aliphatic heterocycles. The molecule has 162 valence electrons. The van der Waals surface area contributed by atoms with Crippen molar-refractivity contribution in [1.82, 2.24) is 10.2 Å². The van der Waals surface area contributed by atoms with Gasteiger partial charge in [-0.15, -0.1) is 0 Å². The van der Waals surface area contributed by atoms with Gasteiger partial charge in [0.15, 0.2) is 5.96 Å². The van der Waals surface area contributed by atoms with Gasteiger partial charge in [-0.25, -0.2) is 0 Å². The summed E-state index contributed by atoms with van der Waals surface area (Å²) in [6.45, 7) is 5.87. The number of hydrogen-bond acceptors (Lipinski definition) is 4. The van der Waals surface area contributed by atoms with E-state index >= 15 is 0 Å². The molecule has 2 aromatic rings. The van der Waals surface area contributed by atoms with Crippen LogP contribution in [0.3, 0.4) is 0 Å². The van der Waals surface area contributed by atoms with E-state index in [-0.39, 0.29) is 6.10 Å². The Kier molecular flexibility index (Phi) is 7.81. The smallest absolute Gasteiger partial charge is 0.194 e. The van der Waals surface area contributed by atoms with E-state index in [0.717, 1.165) is 76.8 Å². The molecule has 6 heteroatoms. The Bertz CT molecular complexity index is 757. The van der Waals surface area contributed by atoms with Gasteiger partial charge in [0.05, 0.1) is 32.1 Å². The van der Waals surface area contributed by atoms with Crippen LogP contribution in [-0.2, 0) is 22.5 Å². The number of nitrogens with zero attached hydrogens (tertiary/aromatic N) is 2. The van der Waals surface area contributed by atoms with Crippen molar-refractivity contribution < 1.29 is 13.9 Å². The number of guanidine groups is 1. The van der Waals surface area contributed by atoms with Crippen molar-refractivity contribution in [2.45, 2.75) is 38.4 Å². The average molecular weight is 412 g/mol. The summed E-state index contributed by atoms with van der Waals surface area (Å²) in [5.74, 6) is 2.52. The van der Waals surface area contributed by atoms with Gasteiger partial charge in [-0.2, -0.15) is 0 Å². The summed E-state index contributed by atoms with van der Waals surface area (Å²) < 4.78 is 17.2. The van der Waals surface area contributed by atoms with Crippen LogP contribution in [0.4, 0.5) is 0 Å². The molecule has 0 aliphatic carbocycles. The van der Waals surface area contributed by atoms with Crippen molar-refractivity contribution in [2.24, 2.45) is 10.9 Å². The highest BCUT2D eigenvalue weighted by molar-refractivity contribution is 5.80. The molecule has 0 saturated carbocycles. The number of nitrogens with one attached hydrogen (secondary N) is 1. The summed E-state index contributed by atoms with van der Waals surface area (Å²) in [6, 6.07) is 14.3. The maximum atomic E-state index is 5.98. The number of rotatable bonds is 9. The van der Waals surface area contributed by atoms with Gasteiger partial charge in [0.2, 0.25) is 0 Å². The molecule has 1 aromatic carbocycles. The molecule has 2 saturated heterocycles. The van der Waals surface area contributed by atoms with Crippen LogP contribution >= 0.6 is 0 Å². The van der Waals surface area contributed by atoms with Crippen LogP contribution in [0.25, 0.3) is 0 Å². The first kappa shape index (κ1) is 20.9. The summed E-state index contributed by atoms with van der Waals surface area (Å²) >= 11 is 0. The molecule has 3 heterocycles. The average Bonchev–Trinajstić information content (AvgIpc) is 3.54. The molecule has 1 aromatic heterocycles. The van der Waals surface area contributed by atoms with Crippen molar-refractivity contribution in [1.29, 1.82) is 0 Å². The zero-order valence-electron chi connectivity index (χ0n) is 17.7. The molecule has 0 amide bonds. The second kappa shape index (κ2) is 11.2. The van der Waals surface area contributed by atoms with Crippen LogP contribution in [0.5, 0.6) is 0 Å². The summed E-state index contributed by atoms with van der Waals surface area (Å²) in [4.78, 5) is 7.27. The van der Waals surface area contributed by atoms with Crippen LogP contribution in [0.15, 0.2) is 58.1 Å². The predicted molar refractivity (Wildman–Crippen MR) is 117 cm³/mol. The Morgan fingerprint density at radius 2 is 2.10 bits per heavy atom. The first-order chi connectivity index (χ1) is 14.9. The van der Waals surface area contributed by atoms with Gasteiger partial charge in [-0.1, -0.05) is 30.3 Å². The fourth-order valence-corrected chi connectivity index (χ4v) is 4.08. The van der Waals surface area contributed by atoms with Gasteiger partial charge in [-0.3, -0.25) is 4.99 Å². The van der Waals surface area contributed by atoms with Crippen molar-refractivity contribution in [2.75, 3.05) is 39.4 Å². The standard InChI is InChI=1S/C24H33N3O3/c1-2-6-20(7-3-1)18-28-19-21-11-13-27(17-21)24(26-16-23-9-5-15-30-23)25-12-10-22-8-4-14-29-22/h1-4,6-8,14,21,23H,5,9-13,15-19H2,(H,25,26). The Morgan fingerprint density at radius 3 is 2.90 bits per heavy atom. The van der Waals surface area contributed by atoms with Gasteiger partial charge in [0.25, 0.3) is 0 Å². The first-order valence-electron chi connectivity index (χ1n) is 11.2. The van der Waals surface area contributed by atoms with E-state index in [1.54, 1.807) is 6.26 Å². The fraction of sp³-hybridized carbons (Fsp3) is 0.542. The molecular formula is C24H33N3O3. The lowest BCUT2D eigenvalue weighted by Crippen LogP contribution is -2.41. The van der Waals surface area contributed by atoms with Crippen LogP contribution in [0.1, 0.15) is 30.6 Å². The Hall–Kier alpha value is -2.31. The summed E-state index contributed by atoms with van der Waals surface area (Å²) in [5, 5.41) is 3.55. The Balaban J connectivity index is 1.26. The van der Waals surface area contributed by atoms with Crippen LogP contribution in [0.2, 0.25) is 0 Å². The maximum absolute atomic E-state index is 5.98. The van der Waals surface area contributed by atoms with Gasteiger partial charge in [-0.05, 0) is 37.0 Å². The lowest BCUT2D eigenvalue weighted by Gasteiger charge is -2.23. The SMILES string of the molecule is c1ccc(COCC2CCN(C(=NCC3CCCO3)NCCc3ccco3)C2)cc1. The van der Waals surface area contributed by atoms with Crippen LogP contribution in [0, 0.1) is 5.92 Å². The van der Waals surface area contributed by atoms with E-state index in [0.29, 0.717) is 12.5 Å². The third-order valence-electron chi connectivity index (χ3n) is 5.75. The topological polar surface area (TPSA) is 59.2 Å². The molecular weight excluding hydrogens is 378 g/mol. The Morgan fingerprint density at radius 1 is 1.17 bits per heavy atom. The van der Waals surface area contributed by atoms with Gasteiger partial charge >= 0.3 is 0 Å².